The van der Waals surface area contributed by atoms with Gasteiger partial charge in [0.2, 0.25) is 23.6 Å². The quantitative estimate of drug-likeness (QED) is 0.0594. The number of carboxylic acid groups (broad SMARTS) is 2. The lowest BCUT2D eigenvalue weighted by Crippen LogP contribution is -2.61. The summed E-state index contributed by atoms with van der Waals surface area (Å²) in [5.74, 6) is -5.03. The lowest BCUT2D eigenvalue weighted by atomic mass is 9.88. The highest BCUT2D eigenvalue weighted by Gasteiger charge is 2.41. The molecule has 0 bridgehead atoms. The van der Waals surface area contributed by atoms with Crippen LogP contribution in [-0.4, -0.2) is 177 Å². The molecule has 10 N–H and O–H groups in total. The van der Waals surface area contributed by atoms with E-state index in [2.05, 4.69) is 59.6 Å². The molecule has 0 spiro atoms. The first-order valence-electron chi connectivity index (χ1n) is 29.5. The predicted molar refractivity (Wildman–Crippen MR) is 330 cm³/mol. The number of aliphatic carboxylic acids is 2. The Morgan fingerprint density at radius 2 is 1.01 bits per heavy atom. The molecular formula is C62H83BrN10O16. The largest absolute Gasteiger partial charge is 0.480 e. The molecule has 6 heterocycles. The number of hydrogen-bond donors (Lipinski definition) is 10. The summed E-state index contributed by atoms with van der Waals surface area (Å²) >= 11 is 3.45. The minimum Gasteiger partial charge on any atom is -0.480 e. The fourth-order valence-corrected chi connectivity index (χ4v) is 10.0. The molecule has 0 radical (unpaired) electrons. The molecule has 8 rings (SSSR count). The van der Waals surface area contributed by atoms with E-state index in [0.29, 0.717) is 50.0 Å². The van der Waals surface area contributed by atoms with Crippen molar-refractivity contribution in [1.29, 1.82) is 0 Å². The van der Waals surface area contributed by atoms with Crippen LogP contribution in [0, 0.1) is 22.7 Å². The number of fused-ring (bicyclic) bond motifs is 2. The van der Waals surface area contributed by atoms with Gasteiger partial charge in [-0.1, -0.05) is 92.2 Å². The molecule has 0 unspecified atom stereocenters. The van der Waals surface area contributed by atoms with Gasteiger partial charge >= 0.3 is 11.9 Å². The highest BCUT2D eigenvalue weighted by atomic mass is 79.9. The zero-order valence-electron chi connectivity index (χ0n) is 51.3. The Kier molecular flexibility index (Phi) is 25.8. The summed E-state index contributed by atoms with van der Waals surface area (Å²) < 4.78 is 21.1. The molecule has 89 heavy (non-hydrogen) atoms. The standard InChI is InChI=1S/C31H41N5O8.C24H32BrN5O4.C7H10O4/c1-18(2)26(37)28(39)33-20(4)29(40)36-13-5-6-24(35-36)27(38)32-19(3)23-10-9-22-8-7-21(14-25(22)34-23)11-12-31(30(41)42)15-43-17-44-16-31;1-13(2)21(31)23(33)27-15(4)24(34)30-11-5-6-19(29-30)22(32)26-14(3)18-10-8-16-7-9-17(25)12-20(16)28-18;1-2-7(6(8)9)3-10-5-11-4-7/h7-12,14,18-20,24,26,35,37H,5-6,13,15-17H2,1-4H3,(H,32,38)(H,33,39)(H,41,42);7-10,12-15,19,21,29,31H,5-6,11H2,1-4H3,(H,26,32)(H,27,33);2H,1,3-5H2,(H,8,9)/b12-11+;;/t19-,20+,24+,26+;14-,15+,19+,21+;/m11./s1. The van der Waals surface area contributed by atoms with Crippen LogP contribution in [0.15, 0.2) is 83.9 Å². The zero-order chi connectivity index (χ0) is 65.3. The number of amides is 6. The van der Waals surface area contributed by atoms with Crippen molar-refractivity contribution >= 4 is 91.2 Å². The van der Waals surface area contributed by atoms with E-state index in [9.17, 15) is 53.7 Å². The minimum absolute atomic E-state index is 0.0197. The molecule has 4 aliphatic rings. The maximum Gasteiger partial charge on any atom is 0.318 e. The van der Waals surface area contributed by atoms with Crippen molar-refractivity contribution < 1.29 is 77.7 Å². The van der Waals surface area contributed by atoms with Crippen LogP contribution in [0.1, 0.15) is 110 Å². The number of ether oxygens (including phenoxy) is 4. The normalized spacial score (nSPS) is 20.2. The number of hydrogen-bond acceptors (Lipinski definition) is 18. The Labute approximate surface area is 525 Å². The van der Waals surface area contributed by atoms with Crippen LogP contribution in [0.4, 0.5) is 0 Å². The minimum atomic E-state index is -1.27. The molecule has 0 aliphatic carbocycles. The molecular weight excluding hydrogens is 1220 g/mol. The van der Waals surface area contributed by atoms with Crippen molar-refractivity contribution in [1.82, 2.24) is 52.1 Å². The van der Waals surface area contributed by atoms with Gasteiger partial charge in [-0.25, -0.2) is 10.9 Å². The van der Waals surface area contributed by atoms with Crippen LogP contribution in [0.3, 0.4) is 0 Å². The number of aliphatic hydroxyl groups is 2. The number of nitrogens with one attached hydrogen (secondary N) is 6. The number of hydrazine groups is 2. The van der Waals surface area contributed by atoms with Crippen molar-refractivity contribution in [2.45, 2.75) is 130 Å². The Bertz CT molecular complexity index is 3210. The van der Waals surface area contributed by atoms with Gasteiger partial charge in [-0.3, -0.25) is 58.3 Å². The van der Waals surface area contributed by atoms with Crippen molar-refractivity contribution in [3.05, 3.63) is 101 Å². The lowest BCUT2D eigenvalue weighted by Gasteiger charge is -2.35. The van der Waals surface area contributed by atoms with Crippen molar-refractivity contribution in [2.75, 3.05) is 53.1 Å². The van der Waals surface area contributed by atoms with E-state index in [1.54, 1.807) is 46.8 Å². The Balaban J connectivity index is 0.000000247. The number of pyridine rings is 2. The van der Waals surface area contributed by atoms with Gasteiger partial charge in [0.25, 0.3) is 11.8 Å². The van der Waals surface area contributed by atoms with Gasteiger partial charge in [0.1, 0.15) is 60.8 Å². The van der Waals surface area contributed by atoms with Crippen LogP contribution in [0.2, 0.25) is 0 Å². The molecule has 8 atom stereocenters. The highest BCUT2D eigenvalue weighted by molar-refractivity contribution is 9.10. The molecule has 26 nitrogen and oxygen atoms in total. The molecule has 0 saturated carbocycles. The molecule has 27 heteroatoms. The van der Waals surface area contributed by atoms with E-state index in [0.717, 1.165) is 32.0 Å². The number of aliphatic hydroxyl groups excluding tert-OH is 2. The SMILES string of the molecule is C=CC1(C(=O)O)COCOC1.CC(C)[C@H](O)C(=O)N[C@@H](C)C(=O)N1CCC[C@@H](C(=O)N[C@H](C)c2ccc3ccc(/C=C/C4(C(=O)O)COCOC4)cc3n2)N1.CC(C)[C@H](O)C(=O)N[C@@H](C)C(=O)N1CCC[C@@H](C(=O)N[C@H](C)c2ccc3ccc(Br)cc3n2)N1. The lowest BCUT2D eigenvalue weighted by molar-refractivity contribution is -0.181. The highest BCUT2D eigenvalue weighted by Crippen LogP contribution is 2.28. The molecule has 4 aliphatic heterocycles. The summed E-state index contributed by atoms with van der Waals surface area (Å²) in [6.07, 6.45) is 4.57. The van der Waals surface area contributed by atoms with Gasteiger partial charge in [0.05, 0.1) is 60.9 Å². The summed E-state index contributed by atoms with van der Waals surface area (Å²) in [6.45, 7) is 18.4. The third kappa shape index (κ3) is 19.1. The van der Waals surface area contributed by atoms with Gasteiger partial charge in [-0.15, -0.1) is 6.58 Å². The summed E-state index contributed by atoms with van der Waals surface area (Å²) in [4.78, 5) is 108. The number of carbonyl (C=O) groups excluding carboxylic acids is 6. The second-order valence-corrected chi connectivity index (χ2v) is 24.2. The molecule has 4 saturated heterocycles. The number of nitrogens with zero attached hydrogens (tertiary/aromatic N) is 4. The molecule has 4 aromatic rings. The number of carbonyl (C=O) groups is 8. The van der Waals surface area contributed by atoms with Crippen molar-refractivity contribution in [2.24, 2.45) is 22.7 Å². The smallest absolute Gasteiger partial charge is 0.318 e. The van der Waals surface area contributed by atoms with E-state index in [1.165, 1.54) is 23.0 Å². The summed E-state index contributed by atoms with van der Waals surface area (Å²) in [5.41, 5.74) is 7.29. The average Bonchev–Trinajstić information content (AvgIpc) is 2.44. The Morgan fingerprint density at radius 3 is 1.42 bits per heavy atom. The van der Waals surface area contributed by atoms with Crippen molar-refractivity contribution in [3.63, 3.8) is 0 Å². The van der Waals surface area contributed by atoms with Gasteiger partial charge in [-0.2, -0.15) is 0 Å². The number of halogens is 1. The second-order valence-electron chi connectivity index (χ2n) is 23.3. The van der Waals surface area contributed by atoms with E-state index >= 15 is 0 Å². The maximum atomic E-state index is 13.2. The van der Waals surface area contributed by atoms with E-state index < -0.39 is 82.9 Å². The Morgan fingerprint density at radius 1 is 0.607 bits per heavy atom. The predicted octanol–water partition coefficient (Wildman–Crippen LogP) is 3.96. The van der Waals surface area contributed by atoms with E-state index in [-0.39, 0.29) is 75.6 Å². The third-order valence-electron chi connectivity index (χ3n) is 15.4. The van der Waals surface area contributed by atoms with E-state index in [4.69, 9.17) is 29.0 Å². The first-order chi connectivity index (χ1) is 42.2. The maximum absolute atomic E-state index is 13.2. The van der Waals surface area contributed by atoms with Gasteiger partial charge in [0, 0.05) is 28.3 Å². The van der Waals surface area contributed by atoms with Gasteiger partial charge < -0.3 is 60.6 Å². The number of aromatic nitrogens is 2. The number of benzene rings is 2. The first-order valence-corrected chi connectivity index (χ1v) is 30.3. The first kappa shape index (κ1) is 70.7. The Hall–Kier alpha value is -7.34. The molecule has 2 aromatic carbocycles. The van der Waals surface area contributed by atoms with E-state index in [1.807, 2.05) is 74.5 Å². The van der Waals surface area contributed by atoms with Crippen LogP contribution in [0.5, 0.6) is 0 Å². The average molecular weight is 1300 g/mol. The van der Waals surface area contributed by atoms with Crippen LogP contribution < -0.4 is 32.1 Å². The van der Waals surface area contributed by atoms with Crippen LogP contribution in [-0.2, 0) is 57.3 Å². The van der Waals surface area contributed by atoms with Gasteiger partial charge in [-0.05, 0) is 101 Å². The van der Waals surface area contributed by atoms with Gasteiger partial charge in [0.15, 0.2) is 0 Å². The number of rotatable bonds is 19. The summed E-state index contributed by atoms with van der Waals surface area (Å²) in [5, 5.41) is 54.0. The fourth-order valence-electron chi connectivity index (χ4n) is 9.65. The summed E-state index contributed by atoms with van der Waals surface area (Å²) in [6, 6.07) is 15.3. The molecule has 2 aromatic heterocycles. The van der Waals surface area contributed by atoms with Crippen LogP contribution >= 0.6 is 15.9 Å². The molecule has 4 fully saturated rings. The monoisotopic (exact) mass is 1300 g/mol. The van der Waals surface area contributed by atoms with Crippen LogP contribution in [0.25, 0.3) is 27.9 Å². The summed E-state index contributed by atoms with van der Waals surface area (Å²) in [7, 11) is 0. The zero-order valence-corrected chi connectivity index (χ0v) is 52.9. The molecule has 484 valence electrons. The topological polar surface area (TPSA) is 359 Å². The fraction of sp³-hybridized carbons (Fsp3) is 0.516. The van der Waals surface area contributed by atoms with Crippen molar-refractivity contribution in [3.8, 4) is 0 Å². The number of carboxylic acids is 2. The molecule has 6 amide bonds. The second kappa shape index (κ2) is 32.4. The third-order valence-corrected chi connectivity index (χ3v) is 15.9.